The molecule has 0 fully saturated rings. The fourth-order valence-electron chi connectivity index (χ4n) is 2.26. The Morgan fingerprint density at radius 2 is 2.00 bits per heavy atom. The van der Waals surface area contributed by atoms with Crippen molar-refractivity contribution >= 4 is 56.4 Å². The number of thiazole rings is 1. The molecule has 0 saturated heterocycles. The minimum atomic E-state index is -4.48. The van der Waals surface area contributed by atoms with E-state index in [0.29, 0.717) is 9.04 Å². The molecule has 11 heteroatoms. The van der Waals surface area contributed by atoms with E-state index in [-0.39, 0.29) is 26.7 Å². The van der Waals surface area contributed by atoms with E-state index in [1.165, 1.54) is 13.0 Å². The Morgan fingerprint density at radius 3 is 2.59 bits per heavy atom. The molecule has 0 N–H and O–H groups in total. The lowest BCUT2D eigenvalue weighted by atomic mass is 10.1. The minimum absolute atomic E-state index is 0.00497. The van der Waals surface area contributed by atoms with Gasteiger partial charge in [0.1, 0.15) is 0 Å². The topological polar surface area (TPSA) is 73.1 Å². The molecule has 140 valence electrons. The summed E-state index contributed by atoms with van der Waals surface area (Å²) < 4.78 is 39.4. The van der Waals surface area contributed by atoms with Gasteiger partial charge in [-0.05, 0) is 25.1 Å². The zero-order valence-corrected chi connectivity index (χ0v) is 15.7. The van der Waals surface area contributed by atoms with Crippen LogP contribution in [0.3, 0.4) is 0 Å². The van der Waals surface area contributed by atoms with Gasteiger partial charge in [-0.3, -0.25) is 14.9 Å². The third-order valence-electron chi connectivity index (χ3n) is 3.50. The zero-order valence-electron chi connectivity index (χ0n) is 13.3. The molecule has 5 nitrogen and oxygen atoms in total. The van der Waals surface area contributed by atoms with E-state index in [1.54, 1.807) is 0 Å². The summed E-state index contributed by atoms with van der Waals surface area (Å²) in [5, 5.41) is 10.9. The van der Waals surface area contributed by atoms with Crippen LogP contribution in [0.15, 0.2) is 39.6 Å². The highest BCUT2D eigenvalue weighted by Crippen LogP contribution is 2.42. The first-order valence-electron chi connectivity index (χ1n) is 7.21. The lowest BCUT2D eigenvalue weighted by Crippen LogP contribution is -2.03. The molecule has 0 aliphatic rings. The summed E-state index contributed by atoms with van der Waals surface area (Å²) >= 11 is 8.22. The van der Waals surface area contributed by atoms with Crippen molar-refractivity contribution in [2.45, 2.75) is 22.3 Å². The molecule has 0 radical (unpaired) electrons. The van der Waals surface area contributed by atoms with Crippen LogP contribution < -0.4 is 0 Å². The van der Waals surface area contributed by atoms with Crippen molar-refractivity contribution in [3.8, 4) is 0 Å². The number of nitrogens with zero attached hydrogens (tertiary/aromatic N) is 2. The van der Waals surface area contributed by atoms with Crippen molar-refractivity contribution in [1.82, 2.24) is 4.98 Å². The first kappa shape index (κ1) is 19.6. The number of fused-ring (bicyclic) bond motifs is 1. The molecule has 3 rings (SSSR count). The number of alkyl halides is 3. The molecule has 0 amide bonds. The molecular formula is C16H8ClF3N2O3S2. The quantitative estimate of drug-likeness (QED) is 0.277. The van der Waals surface area contributed by atoms with Crippen LogP contribution >= 0.6 is 34.7 Å². The van der Waals surface area contributed by atoms with Gasteiger partial charge in [-0.15, -0.1) is 11.3 Å². The van der Waals surface area contributed by atoms with E-state index in [2.05, 4.69) is 4.98 Å². The second-order valence-corrected chi connectivity index (χ2v) is 8.08. The highest BCUT2D eigenvalue weighted by Gasteiger charge is 2.31. The number of hydrogen-bond donors (Lipinski definition) is 0. The second-order valence-electron chi connectivity index (χ2n) is 5.38. The van der Waals surface area contributed by atoms with Crippen LogP contribution in [0, 0.1) is 10.1 Å². The molecule has 2 aromatic carbocycles. The average Bonchev–Trinajstić information content (AvgIpc) is 2.96. The Balaban J connectivity index is 2.04. The predicted octanol–water partition coefficient (Wildman–Crippen LogP) is 6.23. The Bertz CT molecular complexity index is 1080. The molecule has 0 aliphatic heterocycles. The first-order chi connectivity index (χ1) is 12.6. The maximum atomic E-state index is 12.8. The number of hydrogen-bond acceptors (Lipinski definition) is 6. The highest BCUT2D eigenvalue weighted by molar-refractivity contribution is 8.01. The molecule has 0 saturated carbocycles. The predicted molar refractivity (Wildman–Crippen MR) is 96.9 cm³/mol. The maximum absolute atomic E-state index is 12.8. The van der Waals surface area contributed by atoms with Gasteiger partial charge in [0.25, 0.3) is 5.69 Å². The van der Waals surface area contributed by atoms with Gasteiger partial charge in [-0.1, -0.05) is 23.4 Å². The minimum Gasteiger partial charge on any atom is -0.294 e. The Hall–Kier alpha value is -2.17. The molecule has 27 heavy (non-hydrogen) atoms. The standard InChI is InChI=1S/C16H8ClF3N2O3S2/c1-7(23)10-5-9(22(24)25)6-11(17)14(10)27-15-21-12-4-8(16(18,19)20)2-3-13(12)26-15/h2-6H,1H3. The lowest BCUT2D eigenvalue weighted by Gasteiger charge is -2.07. The van der Waals surface area contributed by atoms with Crippen molar-refractivity contribution < 1.29 is 22.9 Å². The van der Waals surface area contributed by atoms with Gasteiger partial charge < -0.3 is 0 Å². The number of non-ortho nitro benzene ring substituents is 1. The van der Waals surface area contributed by atoms with Crippen LogP contribution in [0.5, 0.6) is 0 Å². The van der Waals surface area contributed by atoms with Gasteiger partial charge in [0.05, 0.1) is 25.7 Å². The third-order valence-corrected chi connectivity index (χ3v) is 6.15. The maximum Gasteiger partial charge on any atom is 0.416 e. The van der Waals surface area contributed by atoms with E-state index in [4.69, 9.17) is 11.6 Å². The number of Topliss-reactive ketones (excluding diaryl/α,β-unsaturated/α-hetero) is 1. The summed E-state index contributed by atoms with van der Waals surface area (Å²) in [6, 6.07) is 5.47. The van der Waals surface area contributed by atoms with Gasteiger partial charge in [-0.25, -0.2) is 4.98 Å². The Morgan fingerprint density at radius 1 is 1.30 bits per heavy atom. The van der Waals surface area contributed by atoms with E-state index < -0.39 is 22.4 Å². The first-order valence-corrected chi connectivity index (χ1v) is 9.22. The fraction of sp³-hybridized carbons (Fsp3) is 0.125. The number of nitro benzene ring substituents is 1. The molecule has 0 unspecified atom stereocenters. The van der Waals surface area contributed by atoms with Crippen LogP contribution in [0.2, 0.25) is 5.02 Å². The number of rotatable bonds is 4. The van der Waals surface area contributed by atoms with E-state index in [0.717, 1.165) is 47.4 Å². The van der Waals surface area contributed by atoms with Gasteiger partial charge in [-0.2, -0.15) is 13.2 Å². The normalized spacial score (nSPS) is 11.7. The van der Waals surface area contributed by atoms with E-state index in [9.17, 15) is 28.1 Å². The Kier molecular flexibility index (Phi) is 5.15. The number of aromatic nitrogens is 1. The summed E-state index contributed by atoms with van der Waals surface area (Å²) in [4.78, 5) is 26.6. The molecule has 0 aliphatic carbocycles. The number of nitro groups is 1. The SMILES string of the molecule is CC(=O)c1cc([N+](=O)[O-])cc(Cl)c1Sc1nc2cc(C(F)(F)F)ccc2s1. The summed E-state index contributed by atoms with van der Waals surface area (Å²) in [5.41, 5.74) is -0.919. The van der Waals surface area contributed by atoms with Crippen molar-refractivity contribution in [3.05, 3.63) is 56.6 Å². The Labute approximate surface area is 163 Å². The van der Waals surface area contributed by atoms with Crippen LogP contribution in [-0.2, 0) is 6.18 Å². The number of carbonyl (C=O) groups excluding carboxylic acids is 1. The second kappa shape index (κ2) is 7.10. The van der Waals surface area contributed by atoms with Crippen molar-refractivity contribution in [2.75, 3.05) is 0 Å². The smallest absolute Gasteiger partial charge is 0.294 e. The summed E-state index contributed by atoms with van der Waals surface area (Å²) in [6.45, 7) is 1.24. The third kappa shape index (κ3) is 4.07. The van der Waals surface area contributed by atoms with Crippen molar-refractivity contribution in [3.63, 3.8) is 0 Å². The van der Waals surface area contributed by atoms with Crippen molar-refractivity contribution in [1.29, 1.82) is 0 Å². The molecule has 1 heterocycles. The zero-order chi connectivity index (χ0) is 19.9. The van der Waals surface area contributed by atoms with E-state index >= 15 is 0 Å². The molecule has 1 aromatic heterocycles. The van der Waals surface area contributed by atoms with Gasteiger partial charge >= 0.3 is 6.18 Å². The van der Waals surface area contributed by atoms with Crippen LogP contribution in [-0.4, -0.2) is 15.7 Å². The monoisotopic (exact) mass is 432 g/mol. The van der Waals surface area contributed by atoms with Crippen molar-refractivity contribution in [2.24, 2.45) is 0 Å². The van der Waals surface area contributed by atoms with Crippen LogP contribution in [0.1, 0.15) is 22.8 Å². The number of ketones is 1. The van der Waals surface area contributed by atoms with E-state index in [1.807, 2.05) is 0 Å². The molecule has 0 bridgehead atoms. The number of benzene rings is 2. The molecule has 0 atom stereocenters. The fourth-order valence-corrected chi connectivity index (χ4v) is 4.74. The van der Waals surface area contributed by atoms with Crippen LogP contribution in [0.4, 0.5) is 18.9 Å². The highest BCUT2D eigenvalue weighted by atomic mass is 35.5. The summed E-state index contributed by atoms with van der Waals surface area (Å²) in [5.74, 6) is -0.427. The lowest BCUT2D eigenvalue weighted by molar-refractivity contribution is -0.384. The molecule has 3 aromatic rings. The van der Waals surface area contributed by atoms with Gasteiger partial charge in [0, 0.05) is 22.6 Å². The van der Waals surface area contributed by atoms with Crippen LogP contribution in [0.25, 0.3) is 10.2 Å². The molecule has 0 spiro atoms. The largest absolute Gasteiger partial charge is 0.416 e. The van der Waals surface area contributed by atoms with Gasteiger partial charge in [0.2, 0.25) is 0 Å². The molecular weight excluding hydrogens is 425 g/mol. The number of carbonyl (C=O) groups is 1. The number of halogens is 4. The average molecular weight is 433 g/mol. The van der Waals surface area contributed by atoms with Gasteiger partial charge in [0.15, 0.2) is 10.1 Å². The summed E-state index contributed by atoms with van der Waals surface area (Å²) in [6.07, 6.45) is -4.48. The summed E-state index contributed by atoms with van der Waals surface area (Å²) in [7, 11) is 0.